The highest BCUT2D eigenvalue weighted by atomic mass is 79.9. The molecule has 0 aliphatic heterocycles. The van der Waals surface area contributed by atoms with Gasteiger partial charge in [-0.3, -0.25) is 0 Å². The van der Waals surface area contributed by atoms with Gasteiger partial charge < -0.3 is 10.1 Å². The van der Waals surface area contributed by atoms with Crippen LogP contribution in [0.2, 0.25) is 0 Å². The fraction of sp³-hybridized carbons (Fsp3) is 0.600. The van der Waals surface area contributed by atoms with Crippen molar-refractivity contribution in [2.75, 3.05) is 13.1 Å². The molecule has 1 aromatic rings. The summed E-state index contributed by atoms with van der Waals surface area (Å²) in [5, 5.41) is 3.44. The first-order valence-electron chi connectivity index (χ1n) is 6.57. The van der Waals surface area contributed by atoms with E-state index in [4.69, 9.17) is 4.74 Å². The predicted molar refractivity (Wildman–Crippen MR) is 80.9 cm³/mol. The molecule has 0 bridgehead atoms. The Kier molecular flexibility index (Phi) is 6.33. The summed E-state index contributed by atoms with van der Waals surface area (Å²) < 4.78 is 7.27. The fourth-order valence-corrected chi connectivity index (χ4v) is 2.33. The Bertz CT molecular complexity index is 360. The van der Waals surface area contributed by atoms with E-state index in [-0.39, 0.29) is 11.7 Å². The minimum Gasteiger partial charge on any atom is -0.367 e. The number of halogens is 1. The number of hydrogen-bond donors (Lipinski definition) is 1. The molecule has 1 N–H and O–H groups in total. The predicted octanol–water partition coefficient (Wildman–Crippen LogP) is 4.30. The van der Waals surface area contributed by atoms with E-state index in [1.807, 2.05) is 6.07 Å². The second-order valence-corrected chi connectivity index (χ2v) is 6.30. The summed E-state index contributed by atoms with van der Waals surface area (Å²) in [5.41, 5.74) is 1.06. The molecule has 1 unspecified atom stereocenters. The van der Waals surface area contributed by atoms with Gasteiger partial charge in [0.1, 0.15) is 0 Å². The molecule has 0 aromatic heterocycles. The Morgan fingerprint density at radius 2 is 1.94 bits per heavy atom. The summed E-state index contributed by atoms with van der Waals surface area (Å²) >= 11 is 3.61. The SMILES string of the molecule is CCCNCC(OC(C)(C)C)c1ccccc1Br. The van der Waals surface area contributed by atoms with Crippen molar-refractivity contribution in [2.24, 2.45) is 0 Å². The maximum absolute atomic E-state index is 6.16. The fourth-order valence-electron chi connectivity index (χ4n) is 1.79. The molecule has 0 fully saturated rings. The second-order valence-electron chi connectivity index (χ2n) is 5.44. The highest BCUT2D eigenvalue weighted by molar-refractivity contribution is 9.10. The van der Waals surface area contributed by atoms with Gasteiger partial charge in [0, 0.05) is 11.0 Å². The number of nitrogens with one attached hydrogen (secondary N) is 1. The Morgan fingerprint density at radius 3 is 2.50 bits per heavy atom. The molecule has 1 rings (SSSR count). The van der Waals surface area contributed by atoms with Crippen LogP contribution in [0.5, 0.6) is 0 Å². The third kappa shape index (κ3) is 5.51. The largest absolute Gasteiger partial charge is 0.367 e. The average molecular weight is 314 g/mol. The Labute approximate surface area is 119 Å². The zero-order valence-corrected chi connectivity index (χ0v) is 13.4. The van der Waals surface area contributed by atoms with Crippen LogP contribution in [-0.2, 0) is 4.74 Å². The van der Waals surface area contributed by atoms with Gasteiger partial charge in [-0.15, -0.1) is 0 Å². The molecular weight excluding hydrogens is 290 g/mol. The van der Waals surface area contributed by atoms with Crippen molar-refractivity contribution in [2.45, 2.75) is 45.8 Å². The molecule has 18 heavy (non-hydrogen) atoms. The zero-order valence-electron chi connectivity index (χ0n) is 11.8. The summed E-state index contributed by atoms with van der Waals surface area (Å²) in [7, 11) is 0. The van der Waals surface area contributed by atoms with Crippen molar-refractivity contribution in [1.82, 2.24) is 5.32 Å². The molecule has 0 aliphatic carbocycles. The highest BCUT2D eigenvalue weighted by Crippen LogP contribution is 2.29. The van der Waals surface area contributed by atoms with E-state index in [1.54, 1.807) is 0 Å². The highest BCUT2D eigenvalue weighted by Gasteiger charge is 2.21. The molecule has 1 atom stereocenters. The van der Waals surface area contributed by atoms with Gasteiger partial charge in [0.25, 0.3) is 0 Å². The summed E-state index contributed by atoms with van der Waals surface area (Å²) in [6.07, 6.45) is 1.21. The summed E-state index contributed by atoms with van der Waals surface area (Å²) in [6, 6.07) is 8.27. The third-order valence-corrected chi connectivity index (χ3v) is 3.23. The van der Waals surface area contributed by atoms with Crippen LogP contribution in [-0.4, -0.2) is 18.7 Å². The molecule has 1 aromatic carbocycles. The van der Waals surface area contributed by atoms with Crippen LogP contribution in [0.1, 0.15) is 45.8 Å². The van der Waals surface area contributed by atoms with Crippen molar-refractivity contribution >= 4 is 15.9 Å². The minimum atomic E-state index is -0.145. The molecule has 0 saturated heterocycles. The van der Waals surface area contributed by atoms with Crippen molar-refractivity contribution in [1.29, 1.82) is 0 Å². The van der Waals surface area contributed by atoms with E-state index >= 15 is 0 Å². The molecule has 102 valence electrons. The van der Waals surface area contributed by atoms with Gasteiger partial charge in [0.15, 0.2) is 0 Å². The maximum atomic E-state index is 6.16. The van der Waals surface area contributed by atoms with E-state index in [2.05, 4.69) is 67.1 Å². The Morgan fingerprint density at radius 1 is 1.28 bits per heavy atom. The van der Waals surface area contributed by atoms with Gasteiger partial charge in [-0.25, -0.2) is 0 Å². The van der Waals surface area contributed by atoms with Crippen molar-refractivity contribution in [3.63, 3.8) is 0 Å². The normalized spacial score (nSPS) is 13.6. The average Bonchev–Trinajstić information content (AvgIpc) is 2.27. The maximum Gasteiger partial charge on any atom is 0.0967 e. The van der Waals surface area contributed by atoms with Crippen LogP contribution in [0, 0.1) is 0 Å². The van der Waals surface area contributed by atoms with Gasteiger partial charge in [0.2, 0.25) is 0 Å². The van der Waals surface area contributed by atoms with Crippen LogP contribution >= 0.6 is 15.9 Å². The van der Waals surface area contributed by atoms with Crippen molar-refractivity contribution < 1.29 is 4.74 Å². The lowest BCUT2D eigenvalue weighted by atomic mass is 10.1. The number of hydrogen-bond acceptors (Lipinski definition) is 2. The standard InChI is InChI=1S/C15H24BrNO/c1-5-10-17-11-14(18-15(2,3)4)12-8-6-7-9-13(12)16/h6-9,14,17H,5,10-11H2,1-4H3. The van der Waals surface area contributed by atoms with Crippen LogP contribution < -0.4 is 5.32 Å². The Balaban J connectivity index is 2.80. The van der Waals surface area contributed by atoms with Gasteiger partial charge in [-0.05, 0) is 45.4 Å². The number of benzene rings is 1. The lowest BCUT2D eigenvalue weighted by Crippen LogP contribution is -2.30. The molecule has 3 heteroatoms. The minimum absolute atomic E-state index is 0.0760. The van der Waals surface area contributed by atoms with Crippen molar-refractivity contribution in [3.05, 3.63) is 34.3 Å². The summed E-state index contributed by atoms with van der Waals surface area (Å²) in [6.45, 7) is 10.3. The molecule has 0 heterocycles. The molecule has 0 radical (unpaired) electrons. The van der Waals surface area contributed by atoms with Gasteiger partial charge in [-0.2, -0.15) is 0 Å². The van der Waals surface area contributed by atoms with Crippen LogP contribution in [0.3, 0.4) is 0 Å². The summed E-state index contributed by atoms with van der Waals surface area (Å²) in [4.78, 5) is 0. The molecule has 0 aliphatic rings. The molecule has 0 amide bonds. The smallest absolute Gasteiger partial charge is 0.0967 e. The molecular formula is C15H24BrNO. The first kappa shape index (κ1) is 15.7. The molecule has 0 spiro atoms. The first-order chi connectivity index (χ1) is 8.44. The van der Waals surface area contributed by atoms with Gasteiger partial charge >= 0.3 is 0 Å². The summed E-state index contributed by atoms with van der Waals surface area (Å²) in [5.74, 6) is 0. The monoisotopic (exact) mass is 313 g/mol. The van der Waals surface area contributed by atoms with Crippen LogP contribution in [0.4, 0.5) is 0 Å². The Hall–Kier alpha value is -0.380. The van der Waals surface area contributed by atoms with E-state index in [1.165, 1.54) is 5.56 Å². The van der Waals surface area contributed by atoms with Gasteiger partial charge in [-0.1, -0.05) is 41.1 Å². The van der Waals surface area contributed by atoms with E-state index in [0.29, 0.717) is 0 Å². The first-order valence-corrected chi connectivity index (χ1v) is 7.36. The topological polar surface area (TPSA) is 21.3 Å². The third-order valence-electron chi connectivity index (χ3n) is 2.50. The lowest BCUT2D eigenvalue weighted by Gasteiger charge is -2.29. The quantitative estimate of drug-likeness (QED) is 0.790. The molecule has 0 saturated carbocycles. The van der Waals surface area contributed by atoms with Crippen molar-refractivity contribution in [3.8, 4) is 0 Å². The zero-order chi connectivity index (χ0) is 13.6. The van der Waals surface area contributed by atoms with E-state index in [9.17, 15) is 0 Å². The molecule has 2 nitrogen and oxygen atoms in total. The van der Waals surface area contributed by atoms with Crippen LogP contribution in [0.25, 0.3) is 0 Å². The second kappa shape index (κ2) is 7.27. The van der Waals surface area contributed by atoms with Crippen LogP contribution in [0.15, 0.2) is 28.7 Å². The van der Waals surface area contributed by atoms with E-state index < -0.39 is 0 Å². The number of ether oxygens (including phenoxy) is 1. The van der Waals surface area contributed by atoms with E-state index in [0.717, 1.165) is 24.0 Å². The lowest BCUT2D eigenvalue weighted by molar-refractivity contribution is -0.0608. The number of rotatable bonds is 6. The van der Waals surface area contributed by atoms with Gasteiger partial charge in [0.05, 0.1) is 11.7 Å².